The number of nitrogens with two attached hydrogens (primary N) is 1. The first kappa shape index (κ1) is 20.1. The van der Waals surface area contributed by atoms with E-state index >= 15 is 0 Å². The van der Waals surface area contributed by atoms with Gasteiger partial charge in [-0.25, -0.2) is 27.2 Å². The van der Waals surface area contributed by atoms with Gasteiger partial charge in [0.2, 0.25) is 10.0 Å². The number of nitrogens with zero attached hydrogens (tertiary/aromatic N) is 3. The molecule has 0 saturated carbocycles. The highest BCUT2D eigenvalue weighted by Gasteiger charge is 2.35. The van der Waals surface area contributed by atoms with Crippen molar-refractivity contribution in [2.24, 2.45) is 10.7 Å². The molecule has 0 aliphatic rings. The highest BCUT2D eigenvalue weighted by atomic mass is 35.5. The summed E-state index contributed by atoms with van der Waals surface area (Å²) >= 11 is 5.61. The predicted octanol–water partition coefficient (Wildman–Crippen LogP) is 1.88. The Labute approximate surface area is 149 Å². The first-order valence-corrected chi connectivity index (χ1v) is 8.65. The maximum absolute atomic E-state index is 13.1. The van der Waals surface area contributed by atoms with Crippen molar-refractivity contribution < 1.29 is 30.6 Å². The average molecular weight is 416 g/mol. The number of hydrogen-bond acceptors (Lipinski definition) is 6. The van der Waals surface area contributed by atoms with E-state index < -0.39 is 34.3 Å². The van der Waals surface area contributed by atoms with Crippen LogP contribution in [0.5, 0.6) is 0 Å². The van der Waals surface area contributed by atoms with Crippen LogP contribution < -0.4 is 10.5 Å². The molecular weight excluding hydrogens is 406 g/mol. The minimum absolute atomic E-state index is 0.153. The first-order chi connectivity index (χ1) is 12.0. The molecule has 0 fully saturated rings. The summed E-state index contributed by atoms with van der Waals surface area (Å²) in [5.74, 6) is -3.02. The highest BCUT2D eigenvalue weighted by molar-refractivity contribution is 7.89. The quantitative estimate of drug-likeness (QED) is 0.422. The number of aromatic nitrogens is 2. The second-order valence-corrected chi connectivity index (χ2v) is 7.06. The molecule has 0 amide bonds. The normalized spacial score (nSPS) is 13.2. The van der Waals surface area contributed by atoms with Crippen LogP contribution >= 0.6 is 11.6 Å². The van der Waals surface area contributed by atoms with Gasteiger partial charge in [0.05, 0.1) is 17.3 Å². The van der Waals surface area contributed by atoms with E-state index in [9.17, 15) is 26.0 Å². The van der Waals surface area contributed by atoms with E-state index in [1.54, 1.807) is 4.72 Å². The predicted molar refractivity (Wildman–Crippen MR) is 82.8 cm³/mol. The van der Waals surface area contributed by atoms with Crippen molar-refractivity contribution in [2.75, 3.05) is 5.75 Å². The van der Waals surface area contributed by atoms with Crippen molar-refractivity contribution in [3.63, 3.8) is 0 Å². The maximum atomic E-state index is 13.1. The summed E-state index contributed by atoms with van der Waals surface area (Å²) < 4.78 is 78.5. The molecule has 1 heterocycles. The smallest absolute Gasteiger partial charge is 0.382 e. The molecule has 0 spiro atoms. The maximum Gasteiger partial charge on any atom is 0.404 e. The fourth-order valence-electron chi connectivity index (χ4n) is 1.71. The molecule has 26 heavy (non-hydrogen) atoms. The standard InChI is InChI=1S/C12H10ClF4N5O3S/c13-7-3-6(1-2-8(7)14)20-11(18)10-9(21-25-22-10)4-19-26(23,24)5-12(15,16)17/h1-3,19H,4-5H2,(H2,18,20). The number of halogens is 5. The molecule has 142 valence electrons. The zero-order valence-electron chi connectivity index (χ0n) is 12.6. The molecule has 1 aromatic carbocycles. The second kappa shape index (κ2) is 7.55. The summed E-state index contributed by atoms with van der Waals surface area (Å²) in [7, 11) is -4.65. The SMILES string of the molecule is NC(=Nc1ccc(F)c(Cl)c1)c1nonc1CNS(=O)(=O)CC(F)(F)F. The van der Waals surface area contributed by atoms with Crippen LogP contribution in [0.25, 0.3) is 0 Å². The Morgan fingerprint density at radius 1 is 1.35 bits per heavy atom. The van der Waals surface area contributed by atoms with E-state index in [1.165, 1.54) is 12.1 Å². The molecule has 0 radical (unpaired) electrons. The van der Waals surface area contributed by atoms with Crippen LogP contribution in [0.4, 0.5) is 23.2 Å². The van der Waals surface area contributed by atoms with Gasteiger partial charge in [-0.15, -0.1) is 0 Å². The van der Waals surface area contributed by atoms with Gasteiger partial charge in [0.15, 0.2) is 17.3 Å². The Kier molecular flexibility index (Phi) is 5.83. The average Bonchev–Trinajstić information content (AvgIpc) is 2.95. The van der Waals surface area contributed by atoms with Gasteiger partial charge in [-0.2, -0.15) is 13.2 Å². The first-order valence-electron chi connectivity index (χ1n) is 6.62. The molecule has 1 aromatic heterocycles. The number of aliphatic imine (C=N–C) groups is 1. The van der Waals surface area contributed by atoms with Gasteiger partial charge in [0, 0.05) is 0 Å². The van der Waals surface area contributed by atoms with Crippen LogP contribution in [0, 0.1) is 5.82 Å². The van der Waals surface area contributed by atoms with E-state index in [0.717, 1.165) is 6.07 Å². The van der Waals surface area contributed by atoms with Crippen molar-refractivity contribution >= 4 is 33.1 Å². The van der Waals surface area contributed by atoms with Gasteiger partial charge in [-0.05, 0) is 23.4 Å². The molecule has 3 N–H and O–H groups in total. The third-order valence-corrected chi connectivity index (χ3v) is 4.35. The minimum Gasteiger partial charge on any atom is -0.382 e. The van der Waals surface area contributed by atoms with E-state index in [0.29, 0.717) is 0 Å². The lowest BCUT2D eigenvalue weighted by atomic mass is 10.3. The van der Waals surface area contributed by atoms with Crippen molar-refractivity contribution in [2.45, 2.75) is 12.7 Å². The summed E-state index contributed by atoms with van der Waals surface area (Å²) in [6.45, 7) is -0.655. The number of rotatable bonds is 6. The molecule has 2 aromatic rings. The van der Waals surface area contributed by atoms with E-state index in [4.69, 9.17) is 17.3 Å². The molecule has 0 bridgehead atoms. The van der Waals surface area contributed by atoms with Crippen molar-refractivity contribution in [3.05, 3.63) is 40.4 Å². The zero-order valence-corrected chi connectivity index (χ0v) is 14.2. The summed E-state index contributed by atoms with van der Waals surface area (Å²) in [5, 5.41) is 6.58. The van der Waals surface area contributed by atoms with Crippen LogP contribution in [0.1, 0.15) is 11.4 Å². The summed E-state index contributed by atoms with van der Waals surface area (Å²) in [6.07, 6.45) is -4.90. The number of hydrogen-bond donors (Lipinski definition) is 2. The molecular formula is C12H10ClF4N5O3S. The molecule has 0 aliphatic carbocycles. The number of benzene rings is 1. The topological polar surface area (TPSA) is 123 Å². The largest absolute Gasteiger partial charge is 0.404 e. The fraction of sp³-hybridized carbons (Fsp3) is 0.250. The molecule has 0 saturated heterocycles. The van der Waals surface area contributed by atoms with E-state index in [2.05, 4.69) is 19.9 Å². The Balaban J connectivity index is 2.17. The molecule has 14 heteroatoms. The summed E-state index contributed by atoms with van der Waals surface area (Å²) in [6, 6.07) is 3.47. The molecule has 0 unspecified atom stereocenters. The molecule has 2 rings (SSSR count). The number of amidine groups is 1. The number of alkyl halides is 3. The monoisotopic (exact) mass is 415 g/mol. The zero-order chi connectivity index (χ0) is 19.5. The Bertz CT molecular complexity index is 929. The van der Waals surface area contributed by atoms with Gasteiger partial charge >= 0.3 is 6.18 Å². The fourth-order valence-corrected chi connectivity index (χ4v) is 2.77. The third-order valence-electron chi connectivity index (χ3n) is 2.77. The second-order valence-electron chi connectivity index (χ2n) is 4.85. The van der Waals surface area contributed by atoms with Crippen molar-refractivity contribution in [3.8, 4) is 0 Å². The van der Waals surface area contributed by atoms with E-state index in [1.807, 2.05) is 0 Å². The molecule has 0 atom stereocenters. The van der Waals surface area contributed by atoms with Gasteiger partial charge in [0.25, 0.3) is 0 Å². The summed E-state index contributed by atoms with van der Waals surface area (Å²) in [5.41, 5.74) is 5.46. The molecule has 8 nitrogen and oxygen atoms in total. The summed E-state index contributed by atoms with van der Waals surface area (Å²) in [4.78, 5) is 3.89. The van der Waals surface area contributed by atoms with Gasteiger partial charge < -0.3 is 5.73 Å². The van der Waals surface area contributed by atoms with E-state index in [-0.39, 0.29) is 27.9 Å². The lowest BCUT2D eigenvalue weighted by molar-refractivity contribution is -0.106. The molecule has 0 aliphatic heterocycles. The number of nitrogens with one attached hydrogen (secondary N) is 1. The van der Waals surface area contributed by atoms with Crippen LogP contribution in [0.15, 0.2) is 27.8 Å². The van der Waals surface area contributed by atoms with Crippen LogP contribution in [0.3, 0.4) is 0 Å². The lowest BCUT2D eigenvalue weighted by Crippen LogP contribution is -2.33. The number of sulfonamides is 1. The Morgan fingerprint density at radius 3 is 2.65 bits per heavy atom. The highest BCUT2D eigenvalue weighted by Crippen LogP contribution is 2.22. The third kappa shape index (κ3) is 5.64. The van der Waals surface area contributed by atoms with Crippen molar-refractivity contribution in [1.29, 1.82) is 0 Å². The Morgan fingerprint density at radius 2 is 2.04 bits per heavy atom. The van der Waals surface area contributed by atoms with Crippen LogP contribution in [0.2, 0.25) is 5.02 Å². The van der Waals surface area contributed by atoms with Crippen LogP contribution in [-0.4, -0.2) is 36.5 Å². The van der Waals surface area contributed by atoms with Crippen LogP contribution in [-0.2, 0) is 16.6 Å². The van der Waals surface area contributed by atoms with Gasteiger partial charge in [-0.1, -0.05) is 16.8 Å². The lowest BCUT2D eigenvalue weighted by Gasteiger charge is -2.08. The Hall–Kier alpha value is -2.25. The van der Waals surface area contributed by atoms with Crippen molar-refractivity contribution in [1.82, 2.24) is 15.0 Å². The van der Waals surface area contributed by atoms with Gasteiger partial charge in [-0.3, -0.25) is 0 Å². The minimum atomic E-state index is -4.90. The van der Waals surface area contributed by atoms with Gasteiger partial charge in [0.1, 0.15) is 11.5 Å².